The SMILES string of the molecule is CCn1cc(Nc2ncc(Cl)c(N[C@H]3[C@@H](C(=O)NC)[C@H]4C=C[C@H]3C4)n2)cn1. The van der Waals surface area contributed by atoms with Gasteiger partial charge in [0.15, 0.2) is 5.82 Å². The van der Waals surface area contributed by atoms with Gasteiger partial charge in [0.1, 0.15) is 5.02 Å². The number of aryl methyl sites for hydroxylation is 1. The predicted molar refractivity (Wildman–Crippen MR) is 104 cm³/mol. The molecule has 27 heavy (non-hydrogen) atoms. The van der Waals surface area contributed by atoms with E-state index in [0.717, 1.165) is 18.7 Å². The van der Waals surface area contributed by atoms with Gasteiger partial charge in [-0.05, 0) is 25.2 Å². The number of rotatable bonds is 6. The summed E-state index contributed by atoms with van der Waals surface area (Å²) in [5, 5.41) is 13.9. The van der Waals surface area contributed by atoms with Crippen molar-refractivity contribution in [1.82, 2.24) is 25.1 Å². The molecule has 4 rings (SSSR count). The second-order valence-electron chi connectivity index (χ2n) is 6.86. The Hall–Kier alpha value is -2.61. The van der Waals surface area contributed by atoms with E-state index in [9.17, 15) is 4.79 Å². The van der Waals surface area contributed by atoms with Gasteiger partial charge in [0.05, 0.1) is 24.0 Å². The van der Waals surface area contributed by atoms with Crippen LogP contribution in [0.1, 0.15) is 13.3 Å². The van der Waals surface area contributed by atoms with Crippen LogP contribution in [0.5, 0.6) is 0 Å². The van der Waals surface area contributed by atoms with Crippen molar-refractivity contribution < 1.29 is 4.79 Å². The summed E-state index contributed by atoms with van der Waals surface area (Å²) in [4.78, 5) is 21.1. The standard InChI is InChI=1S/C18H22ClN7O/c1-3-26-9-12(7-22-26)23-18-21-8-13(19)16(25-18)24-15-11-5-4-10(6-11)14(15)17(27)20-2/h4-5,7-11,14-15H,3,6H2,1-2H3,(H,20,27)(H2,21,23,24,25)/t10-,11-,14-,15+/m0/s1. The van der Waals surface area contributed by atoms with Gasteiger partial charge in [-0.3, -0.25) is 9.48 Å². The Morgan fingerprint density at radius 2 is 2.15 bits per heavy atom. The second kappa shape index (κ2) is 7.19. The molecule has 0 saturated heterocycles. The quantitative estimate of drug-likeness (QED) is 0.659. The number of carbonyl (C=O) groups excluding carboxylic acids is 1. The first-order valence-electron chi connectivity index (χ1n) is 9.07. The number of fused-ring (bicyclic) bond motifs is 2. The van der Waals surface area contributed by atoms with Crippen molar-refractivity contribution >= 4 is 35.0 Å². The van der Waals surface area contributed by atoms with Crippen LogP contribution in [0.25, 0.3) is 0 Å². The third-order valence-electron chi connectivity index (χ3n) is 5.27. The third-order valence-corrected chi connectivity index (χ3v) is 5.55. The average Bonchev–Trinajstić information content (AvgIpc) is 3.40. The summed E-state index contributed by atoms with van der Waals surface area (Å²) in [6.07, 6.45) is 10.4. The lowest BCUT2D eigenvalue weighted by Gasteiger charge is -2.28. The Morgan fingerprint density at radius 1 is 1.33 bits per heavy atom. The molecule has 0 aliphatic heterocycles. The van der Waals surface area contributed by atoms with Crippen LogP contribution in [0.2, 0.25) is 5.02 Å². The van der Waals surface area contributed by atoms with Gasteiger partial charge >= 0.3 is 0 Å². The zero-order valence-corrected chi connectivity index (χ0v) is 15.9. The number of allylic oxidation sites excluding steroid dienone is 1. The van der Waals surface area contributed by atoms with Gasteiger partial charge in [-0.15, -0.1) is 0 Å². The maximum atomic E-state index is 12.4. The smallest absolute Gasteiger partial charge is 0.229 e. The average molecular weight is 388 g/mol. The monoisotopic (exact) mass is 387 g/mol. The molecule has 142 valence electrons. The molecule has 2 aliphatic carbocycles. The highest BCUT2D eigenvalue weighted by Crippen LogP contribution is 2.45. The Labute approximate surface area is 162 Å². The molecule has 1 fully saturated rings. The molecule has 9 heteroatoms. The zero-order valence-electron chi connectivity index (χ0n) is 15.2. The number of anilines is 3. The fraction of sp³-hybridized carbons (Fsp3) is 0.444. The number of aromatic nitrogens is 4. The van der Waals surface area contributed by atoms with Crippen LogP contribution in [0.3, 0.4) is 0 Å². The van der Waals surface area contributed by atoms with E-state index in [1.807, 2.05) is 17.8 Å². The van der Waals surface area contributed by atoms with Gasteiger partial charge in [0.25, 0.3) is 0 Å². The van der Waals surface area contributed by atoms with Crippen molar-refractivity contribution in [3.05, 3.63) is 35.8 Å². The summed E-state index contributed by atoms with van der Waals surface area (Å²) in [6.45, 7) is 2.80. The number of hydrogen-bond donors (Lipinski definition) is 3. The van der Waals surface area contributed by atoms with E-state index < -0.39 is 0 Å². The first-order valence-corrected chi connectivity index (χ1v) is 9.45. The van der Waals surface area contributed by atoms with Gasteiger partial charge in [-0.2, -0.15) is 10.1 Å². The second-order valence-corrected chi connectivity index (χ2v) is 7.27. The van der Waals surface area contributed by atoms with Crippen LogP contribution >= 0.6 is 11.6 Å². The van der Waals surface area contributed by atoms with E-state index in [-0.39, 0.29) is 23.8 Å². The van der Waals surface area contributed by atoms with Crippen molar-refractivity contribution in [3.8, 4) is 0 Å². The van der Waals surface area contributed by atoms with Crippen LogP contribution < -0.4 is 16.0 Å². The molecule has 1 saturated carbocycles. The molecule has 2 aromatic heterocycles. The topological polar surface area (TPSA) is 96.8 Å². The molecule has 3 N–H and O–H groups in total. The summed E-state index contributed by atoms with van der Waals surface area (Å²) in [5.74, 6) is 1.41. The summed E-state index contributed by atoms with van der Waals surface area (Å²) in [5.41, 5.74) is 0.802. The molecule has 2 bridgehead atoms. The molecule has 0 spiro atoms. The Kier molecular flexibility index (Phi) is 4.73. The Bertz CT molecular complexity index is 880. The molecule has 0 radical (unpaired) electrons. The molecule has 2 aromatic rings. The lowest BCUT2D eigenvalue weighted by Crippen LogP contribution is -2.42. The molecule has 4 atom stereocenters. The number of carbonyl (C=O) groups is 1. The highest BCUT2D eigenvalue weighted by molar-refractivity contribution is 6.32. The number of hydrogen-bond acceptors (Lipinski definition) is 6. The fourth-order valence-corrected chi connectivity index (χ4v) is 4.11. The molecular formula is C18H22ClN7O. The summed E-state index contributed by atoms with van der Waals surface area (Å²) in [6, 6.07) is -0.0389. The van der Waals surface area contributed by atoms with Crippen LogP contribution in [0.4, 0.5) is 17.5 Å². The van der Waals surface area contributed by atoms with Crippen LogP contribution in [-0.2, 0) is 11.3 Å². The maximum Gasteiger partial charge on any atom is 0.229 e. The van der Waals surface area contributed by atoms with Crippen molar-refractivity contribution in [2.24, 2.45) is 17.8 Å². The van der Waals surface area contributed by atoms with Gasteiger partial charge in [0, 0.05) is 25.8 Å². The number of amides is 1. The van der Waals surface area contributed by atoms with E-state index in [2.05, 4.69) is 43.2 Å². The first kappa shape index (κ1) is 17.8. The lowest BCUT2D eigenvalue weighted by atomic mass is 9.88. The Morgan fingerprint density at radius 3 is 2.89 bits per heavy atom. The number of halogens is 1. The van der Waals surface area contributed by atoms with Crippen molar-refractivity contribution in [2.45, 2.75) is 25.9 Å². The van der Waals surface area contributed by atoms with Gasteiger partial charge in [-0.1, -0.05) is 23.8 Å². The highest BCUT2D eigenvalue weighted by atomic mass is 35.5. The molecular weight excluding hydrogens is 366 g/mol. The first-order chi connectivity index (χ1) is 13.1. The van der Waals surface area contributed by atoms with Gasteiger partial charge in [-0.25, -0.2) is 4.98 Å². The predicted octanol–water partition coefficient (Wildman–Crippen LogP) is 2.44. The highest BCUT2D eigenvalue weighted by Gasteiger charge is 2.48. The zero-order chi connectivity index (χ0) is 19.0. The largest absolute Gasteiger partial charge is 0.365 e. The molecule has 2 aliphatic rings. The van der Waals surface area contributed by atoms with Crippen LogP contribution in [-0.4, -0.2) is 38.7 Å². The van der Waals surface area contributed by atoms with Gasteiger partial charge in [0.2, 0.25) is 11.9 Å². The van der Waals surface area contributed by atoms with E-state index in [1.165, 1.54) is 0 Å². The minimum atomic E-state index is -0.129. The molecule has 2 heterocycles. The van der Waals surface area contributed by atoms with Crippen molar-refractivity contribution in [1.29, 1.82) is 0 Å². The number of nitrogens with zero attached hydrogens (tertiary/aromatic N) is 4. The summed E-state index contributed by atoms with van der Waals surface area (Å²) >= 11 is 6.32. The van der Waals surface area contributed by atoms with E-state index in [0.29, 0.717) is 22.7 Å². The van der Waals surface area contributed by atoms with Crippen molar-refractivity contribution in [3.63, 3.8) is 0 Å². The maximum absolute atomic E-state index is 12.4. The van der Waals surface area contributed by atoms with E-state index in [4.69, 9.17) is 11.6 Å². The van der Waals surface area contributed by atoms with Crippen molar-refractivity contribution in [2.75, 3.05) is 17.7 Å². The van der Waals surface area contributed by atoms with E-state index in [1.54, 1.807) is 19.4 Å². The minimum Gasteiger partial charge on any atom is -0.365 e. The Balaban J connectivity index is 1.54. The molecule has 0 aromatic carbocycles. The van der Waals surface area contributed by atoms with E-state index >= 15 is 0 Å². The molecule has 1 amide bonds. The normalized spacial score (nSPS) is 25.6. The summed E-state index contributed by atoms with van der Waals surface area (Å²) < 4.78 is 1.81. The minimum absolute atomic E-state index is 0.0389. The molecule has 0 unspecified atom stereocenters. The third kappa shape index (κ3) is 3.37. The molecule has 8 nitrogen and oxygen atoms in total. The summed E-state index contributed by atoms with van der Waals surface area (Å²) in [7, 11) is 1.67. The fourth-order valence-electron chi connectivity index (χ4n) is 3.96. The van der Waals surface area contributed by atoms with Gasteiger partial charge < -0.3 is 16.0 Å². The lowest BCUT2D eigenvalue weighted by molar-refractivity contribution is -0.125. The van der Waals surface area contributed by atoms with Crippen LogP contribution in [0, 0.1) is 17.8 Å². The number of nitrogens with one attached hydrogen (secondary N) is 3. The van der Waals surface area contributed by atoms with Crippen LogP contribution in [0.15, 0.2) is 30.7 Å².